The fourth-order valence-corrected chi connectivity index (χ4v) is 3.10. The van der Waals surface area contributed by atoms with Crippen molar-refractivity contribution in [3.63, 3.8) is 0 Å². The molecule has 0 saturated carbocycles. The van der Waals surface area contributed by atoms with Crippen LogP contribution >= 0.6 is 11.6 Å². The summed E-state index contributed by atoms with van der Waals surface area (Å²) in [6.45, 7) is 4.23. The first-order valence-corrected chi connectivity index (χ1v) is 7.43. The quantitative estimate of drug-likeness (QED) is 0.895. The van der Waals surface area contributed by atoms with Crippen LogP contribution in [0.4, 0.5) is 5.69 Å². The molecule has 1 amide bonds. The van der Waals surface area contributed by atoms with Crippen molar-refractivity contribution in [3.8, 4) is 0 Å². The molecular formula is C15H22ClN3O. The van der Waals surface area contributed by atoms with Crippen LogP contribution in [-0.4, -0.2) is 32.1 Å². The van der Waals surface area contributed by atoms with Crippen molar-refractivity contribution in [2.24, 2.45) is 0 Å². The van der Waals surface area contributed by atoms with Crippen LogP contribution in [-0.2, 0) is 11.3 Å². The van der Waals surface area contributed by atoms with Gasteiger partial charge in [-0.1, -0.05) is 23.7 Å². The maximum atomic E-state index is 11.1. The Morgan fingerprint density at radius 1 is 1.40 bits per heavy atom. The lowest BCUT2D eigenvalue weighted by Crippen LogP contribution is -2.44. The Hall–Kier alpha value is -1.26. The van der Waals surface area contributed by atoms with Gasteiger partial charge in [-0.2, -0.15) is 0 Å². The average molecular weight is 296 g/mol. The van der Waals surface area contributed by atoms with Gasteiger partial charge in [0.05, 0.1) is 10.7 Å². The number of carbonyl (C=O) groups is 1. The van der Waals surface area contributed by atoms with Crippen LogP contribution in [0.2, 0.25) is 5.02 Å². The number of para-hydroxylation sites is 1. The molecule has 0 unspecified atom stereocenters. The molecule has 1 aliphatic heterocycles. The minimum atomic E-state index is 0.0528. The summed E-state index contributed by atoms with van der Waals surface area (Å²) >= 11 is 6.38. The van der Waals surface area contributed by atoms with Crippen LogP contribution in [0, 0.1) is 0 Å². The van der Waals surface area contributed by atoms with Crippen molar-refractivity contribution in [1.29, 1.82) is 0 Å². The third-order valence-corrected chi connectivity index (χ3v) is 3.96. The highest BCUT2D eigenvalue weighted by Crippen LogP contribution is 2.32. The zero-order valence-electron chi connectivity index (χ0n) is 12.1. The molecule has 0 bridgehead atoms. The number of nitrogens with one attached hydrogen (secondary N) is 2. The lowest BCUT2D eigenvalue weighted by Gasteiger charge is -2.35. The van der Waals surface area contributed by atoms with Crippen molar-refractivity contribution < 1.29 is 4.79 Å². The van der Waals surface area contributed by atoms with Gasteiger partial charge >= 0.3 is 0 Å². The summed E-state index contributed by atoms with van der Waals surface area (Å²) < 4.78 is 0. The number of amides is 1. The van der Waals surface area contributed by atoms with Gasteiger partial charge in [-0.25, -0.2) is 0 Å². The number of piperidine rings is 1. The first-order valence-electron chi connectivity index (χ1n) is 7.06. The molecule has 1 heterocycles. The third kappa shape index (κ3) is 3.64. The van der Waals surface area contributed by atoms with E-state index >= 15 is 0 Å². The van der Waals surface area contributed by atoms with E-state index in [4.69, 9.17) is 11.6 Å². The van der Waals surface area contributed by atoms with Crippen molar-refractivity contribution >= 4 is 23.2 Å². The summed E-state index contributed by atoms with van der Waals surface area (Å²) in [5.41, 5.74) is 2.35. The number of rotatable bonds is 4. The molecular weight excluding hydrogens is 274 g/mol. The molecule has 0 aliphatic carbocycles. The fraction of sp³-hybridized carbons (Fsp3) is 0.533. The lowest BCUT2D eigenvalue weighted by atomic mass is 10.0. The van der Waals surface area contributed by atoms with Crippen LogP contribution in [0.15, 0.2) is 18.2 Å². The molecule has 4 nitrogen and oxygen atoms in total. The van der Waals surface area contributed by atoms with Crippen molar-refractivity contribution in [2.75, 3.05) is 25.0 Å². The normalized spacial score (nSPS) is 16.2. The molecule has 2 N–H and O–H groups in total. The van der Waals surface area contributed by atoms with Crippen LogP contribution in [0.5, 0.6) is 0 Å². The number of carbonyl (C=O) groups excluding carboxylic acids is 1. The highest BCUT2D eigenvalue weighted by atomic mass is 35.5. The highest BCUT2D eigenvalue weighted by Gasteiger charge is 2.22. The first-order chi connectivity index (χ1) is 9.61. The molecule has 1 aliphatic rings. The second-order valence-electron chi connectivity index (χ2n) is 5.24. The van der Waals surface area contributed by atoms with E-state index in [1.165, 1.54) is 5.56 Å². The van der Waals surface area contributed by atoms with E-state index < -0.39 is 0 Å². The Balaban J connectivity index is 2.08. The number of halogens is 1. The molecule has 2 rings (SSSR count). The van der Waals surface area contributed by atoms with Crippen LogP contribution in [0.25, 0.3) is 0 Å². The van der Waals surface area contributed by atoms with Gasteiger partial charge in [0.25, 0.3) is 0 Å². The van der Waals surface area contributed by atoms with E-state index in [0.29, 0.717) is 6.04 Å². The van der Waals surface area contributed by atoms with Gasteiger partial charge in [0.15, 0.2) is 0 Å². The Morgan fingerprint density at radius 3 is 2.70 bits per heavy atom. The summed E-state index contributed by atoms with van der Waals surface area (Å²) in [4.78, 5) is 13.4. The number of anilines is 1. The van der Waals surface area contributed by atoms with Gasteiger partial charge in [0.1, 0.15) is 0 Å². The number of nitrogens with zero attached hydrogens (tertiary/aromatic N) is 1. The van der Waals surface area contributed by atoms with Gasteiger partial charge in [-0.05, 0) is 31.5 Å². The lowest BCUT2D eigenvalue weighted by molar-refractivity contribution is -0.119. The maximum absolute atomic E-state index is 11.1. The second-order valence-corrected chi connectivity index (χ2v) is 5.65. The molecule has 1 fully saturated rings. The van der Waals surface area contributed by atoms with Gasteiger partial charge in [-0.15, -0.1) is 0 Å². The predicted octanol–water partition coefficient (Wildman–Crippen LogP) is 2.16. The molecule has 5 heteroatoms. The largest absolute Gasteiger partial charge is 0.370 e. The Labute approximate surface area is 125 Å². The molecule has 0 aromatic heterocycles. The summed E-state index contributed by atoms with van der Waals surface area (Å²) in [7, 11) is 1.94. The van der Waals surface area contributed by atoms with E-state index in [0.717, 1.165) is 43.2 Å². The van der Waals surface area contributed by atoms with E-state index in [2.05, 4.69) is 21.6 Å². The standard InChI is InChI=1S/C15H22ClN3O/c1-11(20)18-13-6-8-19(9-7-13)15-12(10-17-2)4-3-5-14(15)16/h3-5,13,17H,6-10H2,1-2H3,(H,18,20). The molecule has 0 atom stereocenters. The summed E-state index contributed by atoms with van der Waals surface area (Å²) in [6.07, 6.45) is 1.92. The second kappa shape index (κ2) is 6.95. The third-order valence-electron chi connectivity index (χ3n) is 3.66. The number of hydrogen-bond acceptors (Lipinski definition) is 3. The van der Waals surface area contributed by atoms with Gasteiger partial charge < -0.3 is 15.5 Å². The summed E-state index contributed by atoms with van der Waals surface area (Å²) in [6, 6.07) is 6.33. The minimum Gasteiger partial charge on any atom is -0.370 e. The van der Waals surface area contributed by atoms with Crippen molar-refractivity contribution in [1.82, 2.24) is 10.6 Å². The maximum Gasteiger partial charge on any atom is 0.217 e. The minimum absolute atomic E-state index is 0.0528. The number of hydrogen-bond donors (Lipinski definition) is 2. The molecule has 0 spiro atoms. The molecule has 0 radical (unpaired) electrons. The van der Waals surface area contributed by atoms with Crippen LogP contribution < -0.4 is 15.5 Å². The van der Waals surface area contributed by atoms with Gasteiger partial charge in [0, 0.05) is 32.6 Å². The SMILES string of the molecule is CNCc1cccc(Cl)c1N1CCC(NC(C)=O)CC1. The topological polar surface area (TPSA) is 44.4 Å². The highest BCUT2D eigenvalue weighted by molar-refractivity contribution is 6.33. The molecule has 1 aromatic rings. The van der Waals surface area contributed by atoms with Gasteiger partial charge in [-0.3, -0.25) is 4.79 Å². The monoisotopic (exact) mass is 295 g/mol. The Bertz CT molecular complexity index is 470. The molecule has 1 aromatic carbocycles. The molecule has 1 saturated heterocycles. The zero-order chi connectivity index (χ0) is 14.5. The van der Waals surface area contributed by atoms with Gasteiger partial charge in [0.2, 0.25) is 5.91 Å². The smallest absolute Gasteiger partial charge is 0.217 e. The average Bonchev–Trinajstić information content (AvgIpc) is 2.40. The van der Waals surface area contributed by atoms with E-state index in [1.54, 1.807) is 6.92 Å². The fourth-order valence-electron chi connectivity index (χ4n) is 2.78. The van der Waals surface area contributed by atoms with E-state index in [1.807, 2.05) is 19.2 Å². The molecule has 20 heavy (non-hydrogen) atoms. The van der Waals surface area contributed by atoms with Crippen LogP contribution in [0.3, 0.4) is 0 Å². The molecule has 110 valence electrons. The predicted molar refractivity (Wildman–Crippen MR) is 83.3 cm³/mol. The zero-order valence-corrected chi connectivity index (χ0v) is 12.8. The van der Waals surface area contributed by atoms with Crippen LogP contribution in [0.1, 0.15) is 25.3 Å². The van der Waals surface area contributed by atoms with Crippen molar-refractivity contribution in [2.45, 2.75) is 32.4 Å². The first kappa shape index (κ1) is 15.1. The Morgan fingerprint density at radius 2 is 2.10 bits per heavy atom. The van der Waals surface area contributed by atoms with E-state index in [-0.39, 0.29) is 5.91 Å². The summed E-state index contributed by atoms with van der Waals surface area (Å²) in [5.74, 6) is 0.0528. The number of benzene rings is 1. The van der Waals surface area contributed by atoms with Crippen molar-refractivity contribution in [3.05, 3.63) is 28.8 Å². The Kier molecular flexibility index (Phi) is 5.26. The van der Waals surface area contributed by atoms with E-state index in [9.17, 15) is 4.79 Å². The summed E-state index contributed by atoms with van der Waals surface area (Å²) in [5, 5.41) is 6.98.